The number of aromatic nitrogens is 4. The second-order valence-corrected chi connectivity index (χ2v) is 6.78. The molecule has 5 rings (SSSR count). The Morgan fingerprint density at radius 3 is 3.00 bits per heavy atom. The maximum absolute atomic E-state index is 5.16. The van der Waals surface area contributed by atoms with E-state index in [1.807, 2.05) is 41.4 Å². The van der Waals surface area contributed by atoms with E-state index in [2.05, 4.69) is 22.0 Å². The summed E-state index contributed by atoms with van der Waals surface area (Å²) < 4.78 is 7.05. The molecule has 1 unspecified atom stereocenters. The van der Waals surface area contributed by atoms with Gasteiger partial charge in [0, 0.05) is 54.3 Å². The number of likely N-dealkylation sites (tertiary alicyclic amines) is 1. The fourth-order valence-corrected chi connectivity index (χ4v) is 3.61. The summed E-state index contributed by atoms with van der Waals surface area (Å²) in [5.74, 6) is 1.31. The molecular weight excluding hydrogens is 326 g/mol. The summed E-state index contributed by atoms with van der Waals surface area (Å²) in [4.78, 5) is 11.4. The highest BCUT2D eigenvalue weighted by molar-refractivity contribution is 5.63. The Labute approximate surface area is 151 Å². The Morgan fingerprint density at radius 1 is 1.15 bits per heavy atom. The van der Waals surface area contributed by atoms with E-state index in [1.165, 1.54) is 5.56 Å². The molecule has 0 N–H and O–H groups in total. The van der Waals surface area contributed by atoms with Crippen molar-refractivity contribution in [3.05, 3.63) is 72.8 Å². The zero-order valence-corrected chi connectivity index (χ0v) is 14.3. The number of pyridine rings is 2. The molecule has 130 valence electrons. The van der Waals surface area contributed by atoms with Gasteiger partial charge in [0.25, 0.3) is 0 Å². The molecule has 0 saturated carbocycles. The van der Waals surface area contributed by atoms with E-state index in [-0.39, 0.29) is 0 Å². The van der Waals surface area contributed by atoms with Crippen molar-refractivity contribution in [1.82, 2.24) is 24.5 Å². The molecule has 0 amide bonds. The molecule has 0 radical (unpaired) electrons. The van der Waals surface area contributed by atoms with Gasteiger partial charge in [-0.25, -0.2) is 9.50 Å². The number of furan rings is 1. The molecule has 0 spiro atoms. The van der Waals surface area contributed by atoms with Crippen molar-refractivity contribution in [1.29, 1.82) is 0 Å². The van der Waals surface area contributed by atoms with Crippen LogP contribution in [0.2, 0.25) is 0 Å². The molecule has 6 heteroatoms. The van der Waals surface area contributed by atoms with Crippen LogP contribution < -0.4 is 0 Å². The van der Waals surface area contributed by atoms with Crippen LogP contribution in [0.5, 0.6) is 0 Å². The van der Waals surface area contributed by atoms with Crippen molar-refractivity contribution in [2.45, 2.75) is 18.9 Å². The number of rotatable bonds is 4. The zero-order valence-electron chi connectivity index (χ0n) is 14.3. The van der Waals surface area contributed by atoms with E-state index in [1.54, 1.807) is 12.5 Å². The summed E-state index contributed by atoms with van der Waals surface area (Å²) >= 11 is 0. The lowest BCUT2D eigenvalue weighted by Gasteiger charge is -2.13. The molecule has 4 aromatic heterocycles. The van der Waals surface area contributed by atoms with Crippen LogP contribution in [0, 0.1) is 0 Å². The van der Waals surface area contributed by atoms with Crippen molar-refractivity contribution in [3.63, 3.8) is 0 Å². The van der Waals surface area contributed by atoms with Gasteiger partial charge in [-0.2, -0.15) is 5.10 Å². The van der Waals surface area contributed by atoms with Crippen LogP contribution in [-0.4, -0.2) is 37.6 Å². The van der Waals surface area contributed by atoms with E-state index in [0.29, 0.717) is 5.92 Å². The predicted molar refractivity (Wildman–Crippen MR) is 97.6 cm³/mol. The van der Waals surface area contributed by atoms with Crippen LogP contribution in [0.15, 0.2) is 65.9 Å². The predicted octanol–water partition coefficient (Wildman–Crippen LogP) is 3.37. The second-order valence-electron chi connectivity index (χ2n) is 6.78. The summed E-state index contributed by atoms with van der Waals surface area (Å²) in [6.07, 6.45) is 10.3. The third-order valence-corrected chi connectivity index (χ3v) is 4.97. The third kappa shape index (κ3) is 2.88. The van der Waals surface area contributed by atoms with E-state index >= 15 is 0 Å². The molecule has 0 bridgehead atoms. The highest BCUT2D eigenvalue weighted by atomic mass is 16.3. The zero-order chi connectivity index (χ0) is 17.3. The molecule has 1 saturated heterocycles. The molecule has 1 aliphatic heterocycles. The minimum atomic E-state index is 0.378. The van der Waals surface area contributed by atoms with Crippen LogP contribution >= 0.6 is 0 Å². The molecule has 0 aromatic carbocycles. The number of fused-ring (bicyclic) bond motifs is 1. The summed E-state index contributed by atoms with van der Waals surface area (Å²) in [5, 5.41) is 4.75. The van der Waals surface area contributed by atoms with Crippen molar-refractivity contribution in [2.75, 3.05) is 13.1 Å². The topological polar surface area (TPSA) is 59.5 Å². The fraction of sp³-hybridized carbons (Fsp3) is 0.250. The Bertz CT molecular complexity index is 1010. The number of nitrogens with zero attached hydrogens (tertiary/aromatic N) is 5. The van der Waals surface area contributed by atoms with E-state index in [0.717, 1.165) is 48.7 Å². The molecule has 26 heavy (non-hydrogen) atoms. The van der Waals surface area contributed by atoms with Gasteiger partial charge in [0.2, 0.25) is 0 Å². The van der Waals surface area contributed by atoms with E-state index < -0.39 is 0 Å². The molecule has 1 atom stereocenters. The van der Waals surface area contributed by atoms with Crippen LogP contribution in [0.4, 0.5) is 0 Å². The minimum Gasteiger partial charge on any atom is -0.472 e. The lowest BCUT2D eigenvalue weighted by Crippen LogP contribution is -2.19. The SMILES string of the molecule is c1cncc(-c2ccc3nc(C4CCN(Cc5ccoc5)C4)nn3c2)c1. The first-order valence-corrected chi connectivity index (χ1v) is 8.85. The highest BCUT2D eigenvalue weighted by Gasteiger charge is 2.27. The van der Waals surface area contributed by atoms with Gasteiger partial charge in [-0.15, -0.1) is 0 Å². The van der Waals surface area contributed by atoms with Crippen LogP contribution in [0.1, 0.15) is 23.7 Å². The average molecular weight is 345 g/mol. The lowest BCUT2D eigenvalue weighted by molar-refractivity contribution is 0.324. The quantitative estimate of drug-likeness (QED) is 0.567. The smallest absolute Gasteiger partial charge is 0.156 e. The van der Waals surface area contributed by atoms with Gasteiger partial charge in [0.05, 0.1) is 12.5 Å². The van der Waals surface area contributed by atoms with Gasteiger partial charge >= 0.3 is 0 Å². The molecule has 5 heterocycles. The highest BCUT2D eigenvalue weighted by Crippen LogP contribution is 2.27. The van der Waals surface area contributed by atoms with Crippen LogP contribution in [0.3, 0.4) is 0 Å². The molecule has 1 fully saturated rings. The summed E-state index contributed by atoms with van der Waals surface area (Å²) in [6.45, 7) is 2.97. The van der Waals surface area contributed by atoms with Gasteiger partial charge in [-0.05, 0) is 37.2 Å². The average Bonchev–Trinajstić information content (AvgIpc) is 3.42. The first-order chi connectivity index (χ1) is 12.8. The maximum atomic E-state index is 5.16. The second kappa shape index (κ2) is 6.38. The fourth-order valence-electron chi connectivity index (χ4n) is 3.61. The standard InChI is InChI=1S/C20H19N5O/c1-2-16(10-21-7-1)17-3-4-19-22-20(23-25(19)13-17)18-5-8-24(12-18)11-15-6-9-26-14-15/h1-4,6-7,9-10,13-14,18H,5,8,11-12H2. The number of hydrogen-bond donors (Lipinski definition) is 0. The normalized spacial score (nSPS) is 17.9. The van der Waals surface area contributed by atoms with Gasteiger partial charge < -0.3 is 4.42 Å². The Kier molecular flexibility index (Phi) is 3.75. The van der Waals surface area contributed by atoms with Gasteiger partial charge in [0.15, 0.2) is 11.5 Å². The first-order valence-electron chi connectivity index (χ1n) is 8.85. The minimum absolute atomic E-state index is 0.378. The number of hydrogen-bond acceptors (Lipinski definition) is 5. The summed E-state index contributed by atoms with van der Waals surface area (Å²) in [7, 11) is 0. The monoisotopic (exact) mass is 345 g/mol. The van der Waals surface area contributed by atoms with E-state index in [4.69, 9.17) is 14.5 Å². The summed E-state index contributed by atoms with van der Waals surface area (Å²) in [5.41, 5.74) is 4.28. The van der Waals surface area contributed by atoms with Crippen molar-refractivity contribution in [3.8, 4) is 11.1 Å². The lowest BCUT2D eigenvalue weighted by atomic mass is 10.1. The molecule has 4 aromatic rings. The van der Waals surface area contributed by atoms with Gasteiger partial charge in [0.1, 0.15) is 0 Å². The largest absolute Gasteiger partial charge is 0.472 e. The van der Waals surface area contributed by atoms with Crippen molar-refractivity contribution < 1.29 is 4.42 Å². The van der Waals surface area contributed by atoms with Crippen molar-refractivity contribution >= 4 is 5.65 Å². The Morgan fingerprint density at radius 2 is 2.15 bits per heavy atom. The van der Waals surface area contributed by atoms with Crippen LogP contribution in [0.25, 0.3) is 16.8 Å². The van der Waals surface area contributed by atoms with Crippen LogP contribution in [-0.2, 0) is 6.54 Å². The molecule has 0 aliphatic carbocycles. The van der Waals surface area contributed by atoms with Crippen molar-refractivity contribution in [2.24, 2.45) is 0 Å². The Balaban J connectivity index is 1.36. The Hall–Kier alpha value is -2.99. The van der Waals surface area contributed by atoms with E-state index in [9.17, 15) is 0 Å². The molecule has 1 aliphatic rings. The third-order valence-electron chi connectivity index (χ3n) is 4.97. The van der Waals surface area contributed by atoms with Gasteiger partial charge in [-0.1, -0.05) is 6.07 Å². The molecular formula is C20H19N5O. The molecule has 6 nitrogen and oxygen atoms in total. The summed E-state index contributed by atoms with van der Waals surface area (Å²) in [6, 6.07) is 10.1. The van der Waals surface area contributed by atoms with Gasteiger partial charge in [-0.3, -0.25) is 9.88 Å². The maximum Gasteiger partial charge on any atom is 0.156 e. The first kappa shape index (κ1) is 15.3.